The van der Waals surface area contributed by atoms with Crippen molar-refractivity contribution in [3.8, 4) is 0 Å². The second kappa shape index (κ2) is 9.97. The molecule has 11 heteroatoms. The number of rotatable bonds is 9. The summed E-state index contributed by atoms with van der Waals surface area (Å²) in [6.45, 7) is 2.58. The van der Waals surface area contributed by atoms with Crippen LogP contribution < -0.4 is 0 Å². The number of aliphatic hydroxyl groups is 1. The van der Waals surface area contributed by atoms with Crippen LogP contribution in [0.3, 0.4) is 0 Å². The summed E-state index contributed by atoms with van der Waals surface area (Å²) >= 11 is 6.09. The monoisotopic (exact) mass is 465 g/mol. The van der Waals surface area contributed by atoms with Crippen molar-refractivity contribution in [3.63, 3.8) is 0 Å². The molecular weight excluding hydrogens is 439 g/mol. The van der Waals surface area contributed by atoms with Crippen molar-refractivity contribution >= 4 is 11.6 Å². The van der Waals surface area contributed by atoms with Gasteiger partial charge in [-0.2, -0.15) is 13.2 Å². The normalized spacial score (nSPS) is 26.1. The van der Waals surface area contributed by atoms with E-state index in [9.17, 15) is 28.4 Å². The SMILES string of the molecule is CCCCOC(O)N1C[C@H]2CC[C@@H](C1)[C@@H]2C(C[N+](=O)[O-])c1c(C(F)(F)F)ccnc1Cl. The maximum absolute atomic E-state index is 13.7. The van der Waals surface area contributed by atoms with Crippen molar-refractivity contribution in [2.45, 2.75) is 51.1 Å². The summed E-state index contributed by atoms with van der Waals surface area (Å²) in [5, 5.41) is 21.5. The number of halogens is 4. The number of ether oxygens (including phenoxy) is 1. The maximum atomic E-state index is 13.7. The van der Waals surface area contributed by atoms with Gasteiger partial charge in [-0.05, 0) is 43.1 Å². The van der Waals surface area contributed by atoms with Crippen LogP contribution in [-0.4, -0.2) is 52.6 Å². The molecule has 5 atom stereocenters. The predicted octanol–water partition coefficient (Wildman–Crippen LogP) is 4.16. The number of nitrogens with zero attached hydrogens (tertiary/aromatic N) is 3. The van der Waals surface area contributed by atoms with Gasteiger partial charge in [0.05, 0.1) is 18.1 Å². The van der Waals surface area contributed by atoms with Gasteiger partial charge in [0, 0.05) is 29.8 Å². The van der Waals surface area contributed by atoms with Crippen molar-refractivity contribution in [1.29, 1.82) is 0 Å². The summed E-state index contributed by atoms with van der Waals surface area (Å²) in [6.07, 6.45) is -1.63. The molecule has 0 amide bonds. The van der Waals surface area contributed by atoms with Crippen LogP contribution in [0, 0.1) is 27.9 Å². The third-order valence-electron chi connectivity index (χ3n) is 6.44. The number of aliphatic hydroxyl groups excluding tert-OH is 1. The highest BCUT2D eigenvalue weighted by atomic mass is 35.5. The van der Waals surface area contributed by atoms with E-state index in [0.717, 1.165) is 37.9 Å². The molecule has 0 spiro atoms. The van der Waals surface area contributed by atoms with E-state index in [2.05, 4.69) is 4.98 Å². The molecule has 1 saturated heterocycles. The van der Waals surface area contributed by atoms with Crippen LogP contribution in [0.25, 0.3) is 0 Å². The molecule has 2 bridgehead atoms. The van der Waals surface area contributed by atoms with E-state index >= 15 is 0 Å². The van der Waals surface area contributed by atoms with E-state index in [1.165, 1.54) is 0 Å². The molecule has 2 aliphatic rings. The summed E-state index contributed by atoms with van der Waals surface area (Å²) in [5.74, 6) is -1.58. The van der Waals surface area contributed by atoms with Gasteiger partial charge in [-0.15, -0.1) is 0 Å². The van der Waals surface area contributed by atoms with E-state index in [4.69, 9.17) is 16.3 Å². The Morgan fingerprint density at radius 1 is 1.39 bits per heavy atom. The molecule has 1 aliphatic heterocycles. The number of pyridine rings is 1. The molecule has 3 rings (SSSR count). The first-order valence-electron chi connectivity index (χ1n) is 10.5. The van der Waals surface area contributed by atoms with Crippen molar-refractivity contribution in [2.24, 2.45) is 17.8 Å². The van der Waals surface area contributed by atoms with Crippen LogP contribution in [-0.2, 0) is 10.9 Å². The van der Waals surface area contributed by atoms with Crippen molar-refractivity contribution in [2.75, 3.05) is 26.2 Å². The van der Waals surface area contributed by atoms with Crippen LogP contribution in [0.5, 0.6) is 0 Å². The summed E-state index contributed by atoms with van der Waals surface area (Å²) in [7, 11) is 0. The Morgan fingerprint density at radius 3 is 2.58 bits per heavy atom. The quantitative estimate of drug-likeness (QED) is 0.194. The fourth-order valence-corrected chi connectivity index (χ4v) is 5.49. The Hall–Kier alpha value is -1.49. The molecule has 1 N–H and O–H groups in total. The number of alkyl halides is 3. The second-order valence-corrected chi connectivity index (χ2v) is 8.72. The molecule has 174 valence electrons. The number of likely N-dealkylation sites (tertiary alicyclic amines) is 1. The first kappa shape index (κ1) is 24.2. The summed E-state index contributed by atoms with van der Waals surface area (Å²) < 4.78 is 46.6. The lowest BCUT2D eigenvalue weighted by Gasteiger charge is -2.42. The Labute approximate surface area is 183 Å². The lowest BCUT2D eigenvalue weighted by molar-refractivity contribution is -0.485. The molecule has 2 fully saturated rings. The second-order valence-electron chi connectivity index (χ2n) is 8.36. The molecule has 1 aromatic heterocycles. The first-order chi connectivity index (χ1) is 14.6. The van der Waals surface area contributed by atoms with Gasteiger partial charge in [-0.1, -0.05) is 24.9 Å². The molecule has 1 saturated carbocycles. The van der Waals surface area contributed by atoms with Crippen LogP contribution >= 0.6 is 11.6 Å². The third kappa shape index (κ3) is 5.47. The zero-order valence-corrected chi connectivity index (χ0v) is 18.0. The minimum Gasteiger partial charge on any atom is -0.356 e. The zero-order chi connectivity index (χ0) is 22.8. The number of nitro groups is 1. The minimum absolute atomic E-state index is 0.106. The van der Waals surface area contributed by atoms with Gasteiger partial charge < -0.3 is 9.84 Å². The average molecular weight is 466 g/mol. The summed E-state index contributed by atoms with van der Waals surface area (Å²) in [5.41, 5.74) is -1.26. The van der Waals surface area contributed by atoms with Gasteiger partial charge in [0.1, 0.15) is 5.15 Å². The fraction of sp³-hybridized carbons (Fsp3) is 0.750. The molecule has 7 nitrogen and oxygen atoms in total. The largest absolute Gasteiger partial charge is 0.416 e. The number of hydrogen-bond acceptors (Lipinski definition) is 6. The smallest absolute Gasteiger partial charge is 0.356 e. The van der Waals surface area contributed by atoms with Gasteiger partial charge >= 0.3 is 6.18 Å². The standard InChI is InChI=1S/C20H27ClF3N3O4/c1-2-3-8-31-19(28)26-9-12-4-5-13(10-26)16(12)14(11-27(29)30)17-15(20(22,23)24)6-7-25-18(17)21/h6-7,12-14,16,19,28H,2-5,8-11H2,1H3/t12-,13+,14?,16-,19?. The molecule has 1 aliphatic carbocycles. The number of unbranched alkanes of at least 4 members (excludes halogenated alkanes) is 1. The predicted molar refractivity (Wildman–Crippen MR) is 107 cm³/mol. The Kier molecular flexibility index (Phi) is 7.77. The van der Waals surface area contributed by atoms with Gasteiger partial charge in [-0.3, -0.25) is 15.0 Å². The summed E-state index contributed by atoms with van der Waals surface area (Å²) in [4.78, 5) is 16.4. The van der Waals surface area contributed by atoms with Gasteiger partial charge in [0.15, 0.2) is 0 Å². The summed E-state index contributed by atoms with van der Waals surface area (Å²) in [6, 6.07) is 0.830. The van der Waals surface area contributed by atoms with Gasteiger partial charge in [0.2, 0.25) is 13.0 Å². The number of fused-ring (bicyclic) bond motifs is 2. The fourth-order valence-electron chi connectivity index (χ4n) is 5.19. The van der Waals surface area contributed by atoms with Crippen LogP contribution in [0.15, 0.2) is 12.3 Å². The van der Waals surface area contributed by atoms with E-state index in [1.54, 1.807) is 4.90 Å². The van der Waals surface area contributed by atoms with E-state index in [1.807, 2.05) is 6.92 Å². The lowest BCUT2D eigenvalue weighted by Crippen LogP contribution is -2.50. The Bertz CT molecular complexity index is 769. The van der Waals surface area contributed by atoms with Crippen LogP contribution in [0.2, 0.25) is 5.15 Å². The van der Waals surface area contributed by atoms with E-state index < -0.39 is 35.5 Å². The average Bonchev–Trinajstić information content (AvgIpc) is 2.94. The molecule has 31 heavy (non-hydrogen) atoms. The third-order valence-corrected chi connectivity index (χ3v) is 6.74. The number of hydrogen-bond donors (Lipinski definition) is 1. The lowest BCUT2D eigenvalue weighted by atomic mass is 9.72. The van der Waals surface area contributed by atoms with Crippen LogP contribution in [0.1, 0.15) is 49.7 Å². The molecule has 0 aromatic carbocycles. The minimum atomic E-state index is -4.69. The Balaban J connectivity index is 1.89. The molecule has 2 unspecified atom stereocenters. The van der Waals surface area contributed by atoms with Crippen LogP contribution in [0.4, 0.5) is 13.2 Å². The number of aromatic nitrogens is 1. The first-order valence-corrected chi connectivity index (χ1v) is 10.9. The highest BCUT2D eigenvalue weighted by Crippen LogP contribution is 2.52. The topological polar surface area (TPSA) is 88.7 Å². The Morgan fingerprint density at radius 2 is 2.03 bits per heavy atom. The molecule has 2 heterocycles. The molecule has 0 radical (unpaired) electrons. The zero-order valence-electron chi connectivity index (χ0n) is 17.2. The van der Waals surface area contributed by atoms with Crippen molar-refractivity contribution in [1.82, 2.24) is 9.88 Å². The van der Waals surface area contributed by atoms with Gasteiger partial charge in [0.25, 0.3) is 0 Å². The molecule has 1 aromatic rings. The van der Waals surface area contributed by atoms with E-state index in [0.29, 0.717) is 19.7 Å². The van der Waals surface area contributed by atoms with Crippen molar-refractivity contribution < 1.29 is 27.9 Å². The van der Waals surface area contributed by atoms with Crippen molar-refractivity contribution in [3.05, 3.63) is 38.7 Å². The maximum Gasteiger partial charge on any atom is 0.416 e. The molecular formula is C20H27ClF3N3O4. The highest BCUT2D eigenvalue weighted by Gasteiger charge is 2.51. The van der Waals surface area contributed by atoms with Gasteiger partial charge in [-0.25, -0.2) is 4.98 Å². The number of piperidine rings is 1. The highest BCUT2D eigenvalue weighted by molar-refractivity contribution is 6.30. The van der Waals surface area contributed by atoms with E-state index in [-0.39, 0.29) is 28.5 Å².